The van der Waals surface area contributed by atoms with Crippen molar-refractivity contribution in [3.63, 3.8) is 0 Å². The number of hydrogen-bond acceptors (Lipinski definition) is 5. The third-order valence-electron chi connectivity index (χ3n) is 5.31. The number of benzene rings is 1. The number of ketones is 1. The van der Waals surface area contributed by atoms with Gasteiger partial charge in [0.25, 0.3) is 5.56 Å². The van der Waals surface area contributed by atoms with Gasteiger partial charge in [0, 0.05) is 16.0 Å². The number of aryl methyl sites for hydroxylation is 1. The number of rotatable bonds is 4. The Labute approximate surface area is 161 Å². The van der Waals surface area contributed by atoms with E-state index in [0.29, 0.717) is 23.8 Å². The molecule has 6 heteroatoms. The number of ether oxygens (including phenoxy) is 1. The topological polar surface area (TPSA) is 61.2 Å². The number of thiophene rings is 1. The van der Waals surface area contributed by atoms with E-state index in [1.807, 2.05) is 0 Å². The molecular weight excluding hydrogens is 360 g/mol. The van der Waals surface area contributed by atoms with Crippen molar-refractivity contribution >= 4 is 27.3 Å². The SMILES string of the molecule is COc1ccc(C(C)=O)cc1Cn1cnc2sc3c(c2c1=O)CC[C@@H](C)C3. The molecule has 3 aromatic rings. The minimum atomic E-state index is -0.0131. The summed E-state index contributed by atoms with van der Waals surface area (Å²) in [4.78, 5) is 31.6. The lowest BCUT2D eigenvalue weighted by Gasteiger charge is -2.17. The van der Waals surface area contributed by atoms with Crippen molar-refractivity contribution in [3.8, 4) is 5.75 Å². The van der Waals surface area contributed by atoms with Gasteiger partial charge < -0.3 is 4.74 Å². The smallest absolute Gasteiger partial charge is 0.262 e. The van der Waals surface area contributed by atoms with Gasteiger partial charge in [0.1, 0.15) is 10.6 Å². The number of aromatic nitrogens is 2. The highest BCUT2D eigenvalue weighted by molar-refractivity contribution is 7.18. The second-order valence-electron chi connectivity index (χ2n) is 7.29. The average molecular weight is 382 g/mol. The largest absolute Gasteiger partial charge is 0.496 e. The van der Waals surface area contributed by atoms with Crippen molar-refractivity contribution in [1.82, 2.24) is 9.55 Å². The zero-order chi connectivity index (χ0) is 19.1. The summed E-state index contributed by atoms with van der Waals surface area (Å²) < 4.78 is 7.04. The normalized spacial score (nSPS) is 16.3. The van der Waals surface area contributed by atoms with Crippen molar-refractivity contribution in [1.29, 1.82) is 0 Å². The van der Waals surface area contributed by atoms with Crippen molar-refractivity contribution < 1.29 is 9.53 Å². The van der Waals surface area contributed by atoms with Crippen LogP contribution in [0.25, 0.3) is 10.2 Å². The van der Waals surface area contributed by atoms with E-state index in [4.69, 9.17) is 4.74 Å². The van der Waals surface area contributed by atoms with Gasteiger partial charge in [-0.3, -0.25) is 14.2 Å². The van der Waals surface area contributed by atoms with Crippen LogP contribution in [0.15, 0.2) is 29.3 Å². The first-order valence-electron chi connectivity index (χ1n) is 9.15. The molecule has 0 radical (unpaired) electrons. The summed E-state index contributed by atoms with van der Waals surface area (Å²) in [6.45, 7) is 4.12. The number of carbonyl (C=O) groups excluding carboxylic acids is 1. The van der Waals surface area contributed by atoms with Gasteiger partial charge in [-0.1, -0.05) is 6.92 Å². The Kier molecular flexibility index (Phi) is 4.60. The molecule has 0 N–H and O–H groups in total. The molecule has 0 aliphatic heterocycles. The average Bonchev–Trinajstić information content (AvgIpc) is 3.02. The second-order valence-corrected chi connectivity index (χ2v) is 8.38. The fraction of sp³-hybridized carbons (Fsp3) is 0.381. The molecule has 1 aliphatic carbocycles. The van der Waals surface area contributed by atoms with Crippen molar-refractivity contribution in [3.05, 3.63) is 56.4 Å². The molecule has 4 rings (SSSR count). The van der Waals surface area contributed by atoms with E-state index in [1.165, 1.54) is 17.4 Å². The zero-order valence-corrected chi connectivity index (χ0v) is 16.6. The molecule has 0 unspecified atom stereocenters. The van der Waals surface area contributed by atoms with Crippen LogP contribution >= 0.6 is 11.3 Å². The van der Waals surface area contributed by atoms with E-state index in [2.05, 4.69) is 11.9 Å². The third-order valence-corrected chi connectivity index (χ3v) is 6.47. The van der Waals surface area contributed by atoms with Gasteiger partial charge in [-0.15, -0.1) is 11.3 Å². The van der Waals surface area contributed by atoms with Crippen LogP contribution in [0.3, 0.4) is 0 Å². The molecule has 27 heavy (non-hydrogen) atoms. The highest BCUT2D eigenvalue weighted by Gasteiger charge is 2.23. The number of methoxy groups -OCH3 is 1. The molecule has 140 valence electrons. The maximum atomic E-state index is 13.2. The summed E-state index contributed by atoms with van der Waals surface area (Å²) in [6.07, 6.45) is 4.70. The van der Waals surface area contributed by atoms with Gasteiger partial charge in [0.05, 0.1) is 25.4 Å². The number of Topliss-reactive ketones (excluding diaryl/α,β-unsaturated/α-hetero) is 1. The summed E-state index contributed by atoms with van der Waals surface area (Å²) in [7, 11) is 1.59. The number of hydrogen-bond donors (Lipinski definition) is 0. The minimum Gasteiger partial charge on any atom is -0.496 e. The van der Waals surface area contributed by atoms with Crippen LogP contribution in [0.5, 0.6) is 5.75 Å². The Morgan fingerprint density at radius 2 is 2.22 bits per heavy atom. The lowest BCUT2D eigenvalue weighted by atomic mass is 9.89. The fourth-order valence-corrected chi connectivity index (χ4v) is 5.12. The monoisotopic (exact) mass is 382 g/mol. The molecule has 0 fully saturated rings. The second kappa shape index (κ2) is 6.93. The lowest BCUT2D eigenvalue weighted by molar-refractivity contribution is 0.101. The summed E-state index contributed by atoms with van der Waals surface area (Å²) in [6, 6.07) is 5.31. The van der Waals surface area contributed by atoms with Crippen LogP contribution in [0.1, 0.15) is 46.6 Å². The lowest BCUT2D eigenvalue weighted by Crippen LogP contribution is -2.22. The fourth-order valence-electron chi connectivity index (χ4n) is 3.78. The zero-order valence-electron chi connectivity index (χ0n) is 15.7. The molecule has 2 aromatic heterocycles. The van der Waals surface area contributed by atoms with E-state index >= 15 is 0 Å². The first-order chi connectivity index (χ1) is 13.0. The van der Waals surface area contributed by atoms with Crippen molar-refractivity contribution in [2.45, 2.75) is 39.7 Å². The molecule has 5 nitrogen and oxygen atoms in total. The molecule has 0 saturated heterocycles. The maximum Gasteiger partial charge on any atom is 0.262 e. The van der Waals surface area contributed by atoms with Gasteiger partial charge >= 0.3 is 0 Å². The molecule has 0 bridgehead atoms. The van der Waals surface area contributed by atoms with Crippen LogP contribution in [0.4, 0.5) is 0 Å². The van der Waals surface area contributed by atoms with Crippen LogP contribution in [0, 0.1) is 5.92 Å². The van der Waals surface area contributed by atoms with Crippen LogP contribution in [0.2, 0.25) is 0 Å². The molecule has 1 aromatic carbocycles. The van der Waals surface area contributed by atoms with Gasteiger partial charge in [-0.2, -0.15) is 0 Å². The Bertz CT molecular complexity index is 1100. The predicted molar refractivity (Wildman–Crippen MR) is 107 cm³/mol. The summed E-state index contributed by atoms with van der Waals surface area (Å²) in [5.41, 5.74) is 2.58. The first kappa shape index (κ1) is 17.9. The van der Waals surface area contributed by atoms with E-state index in [9.17, 15) is 9.59 Å². The third kappa shape index (κ3) is 3.18. The molecule has 0 saturated carbocycles. The summed E-state index contributed by atoms with van der Waals surface area (Å²) in [5.74, 6) is 1.31. The Balaban J connectivity index is 1.80. The van der Waals surface area contributed by atoms with Crippen LogP contribution in [-0.4, -0.2) is 22.4 Å². The minimum absolute atomic E-state index is 0.0117. The van der Waals surface area contributed by atoms with Crippen molar-refractivity contribution in [2.24, 2.45) is 5.92 Å². The Morgan fingerprint density at radius 1 is 1.41 bits per heavy atom. The van der Waals surface area contributed by atoms with Gasteiger partial charge in [0.15, 0.2) is 5.78 Å². The number of fused-ring (bicyclic) bond motifs is 3. The van der Waals surface area contributed by atoms with Gasteiger partial charge in [-0.05, 0) is 55.9 Å². The van der Waals surface area contributed by atoms with Crippen molar-refractivity contribution in [2.75, 3.05) is 7.11 Å². The van der Waals surface area contributed by atoms with E-state index in [-0.39, 0.29) is 11.3 Å². The Morgan fingerprint density at radius 3 is 2.96 bits per heavy atom. The summed E-state index contributed by atoms with van der Waals surface area (Å²) in [5, 5.41) is 0.770. The van der Waals surface area contributed by atoms with E-state index in [1.54, 1.807) is 47.5 Å². The van der Waals surface area contributed by atoms with Crippen LogP contribution in [-0.2, 0) is 19.4 Å². The number of nitrogens with zero attached hydrogens (tertiary/aromatic N) is 2. The van der Waals surface area contributed by atoms with E-state index in [0.717, 1.165) is 35.0 Å². The molecule has 2 heterocycles. The van der Waals surface area contributed by atoms with Crippen LogP contribution < -0.4 is 10.3 Å². The number of carbonyl (C=O) groups is 1. The highest BCUT2D eigenvalue weighted by atomic mass is 32.1. The quantitative estimate of drug-likeness (QED) is 0.643. The molecule has 0 amide bonds. The maximum absolute atomic E-state index is 13.2. The summed E-state index contributed by atoms with van der Waals surface area (Å²) >= 11 is 1.65. The molecule has 0 spiro atoms. The highest BCUT2D eigenvalue weighted by Crippen LogP contribution is 2.35. The predicted octanol–water partition coefficient (Wildman–Crippen LogP) is 3.84. The van der Waals surface area contributed by atoms with E-state index < -0.39 is 0 Å². The molecule has 1 atom stereocenters. The van der Waals surface area contributed by atoms with Gasteiger partial charge in [-0.25, -0.2) is 4.98 Å². The van der Waals surface area contributed by atoms with Gasteiger partial charge in [0.2, 0.25) is 0 Å². The Hall–Kier alpha value is -2.47. The first-order valence-corrected chi connectivity index (χ1v) is 9.97. The molecule has 1 aliphatic rings. The standard InChI is InChI=1S/C21H22N2O3S/c1-12-4-6-16-18(8-12)27-20-19(16)21(25)23(11-22-20)10-15-9-14(13(2)24)5-7-17(15)26-3/h5,7,9,11-12H,4,6,8,10H2,1-3H3/t12-/m1/s1. The molecular formula is C21H22N2O3S.